The van der Waals surface area contributed by atoms with Crippen LogP contribution in [0.15, 0.2) is 18.3 Å². The third-order valence-electron chi connectivity index (χ3n) is 3.29. The number of nitrogens with one attached hydrogen (secondary N) is 1. The van der Waals surface area contributed by atoms with Crippen molar-refractivity contribution in [1.29, 1.82) is 0 Å². The quantitative estimate of drug-likeness (QED) is 0.891. The largest absolute Gasteiger partial charge is 0.368 e. The van der Waals surface area contributed by atoms with E-state index in [0.29, 0.717) is 6.04 Å². The van der Waals surface area contributed by atoms with Crippen molar-refractivity contribution in [1.82, 2.24) is 9.88 Å². The van der Waals surface area contributed by atoms with Crippen LogP contribution in [-0.2, 0) is 4.79 Å². The maximum Gasteiger partial charge on any atom is 0.229 e. The Morgan fingerprint density at radius 3 is 2.83 bits per heavy atom. The van der Waals surface area contributed by atoms with Gasteiger partial charge in [-0.15, -0.1) is 0 Å². The Bertz CT molecular complexity index is 414. The van der Waals surface area contributed by atoms with Crippen molar-refractivity contribution in [2.24, 2.45) is 0 Å². The molecule has 18 heavy (non-hydrogen) atoms. The topological polar surface area (TPSA) is 45.2 Å². The van der Waals surface area contributed by atoms with E-state index in [1.807, 2.05) is 30.3 Å². The summed E-state index contributed by atoms with van der Waals surface area (Å²) in [6.07, 6.45) is 3.83. The Labute approximate surface area is 108 Å². The summed E-state index contributed by atoms with van der Waals surface area (Å²) in [5, 5.41) is 3.25. The molecule has 0 aromatic carbocycles. The number of carbonyl (C=O) groups excluding carboxylic acids is 1. The highest BCUT2D eigenvalue weighted by Crippen LogP contribution is 2.27. The summed E-state index contributed by atoms with van der Waals surface area (Å²) < 4.78 is 0. The molecule has 0 aliphatic carbocycles. The maximum absolute atomic E-state index is 12.1. The fourth-order valence-electron chi connectivity index (χ4n) is 2.33. The molecule has 1 aliphatic rings. The lowest BCUT2D eigenvalue weighted by Crippen LogP contribution is -2.37. The molecule has 4 heteroatoms. The molecule has 2 rings (SSSR count). The molecule has 2 heterocycles. The lowest BCUT2D eigenvalue weighted by atomic mass is 9.91. The summed E-state index contributed by atoms with van der Waals surface area (Å²) in [4.78, 5) is 18.3. The highest BCUT2D eigenvalue weighted by molar-refractivity contribution is 5.84. The zero-order valence-corrected chi connectivity index (χ0v) is 11.3. The Hall–Kier alpha value is -1.58. The van der Waals surface area contributed by atoms with E-state index in [2.05, 4.69) is 24.1 Å². The van der Waals surface area contributed by atoms with Crippen LogP contribution in [0.3, 0.4) is 0 Å². The van der Waals surface area contributed by atoms with Crippen molar-refractivity contribution < 1.29 is 4.79 Å². The molecule has 1 N–H and O–H groups in total. The second-order valence-corrected chi connectivity index (χ2v) is 5.23. The Morgan fingerprint density at radius 1 is 1.44 bits per heavy atom. The van der Waals surface area contributed by atoms with Crippen LogP contribution in [0.4, 0.5) is 5.82 Å². The highest BCUT2D eigenvalue weighted by atomic mass is 16.2. The second kappa shape index (κ2) is 5.38. The summed E-state index contributed by atoms with van der Waals surface area (Å²) >= 11 is 0. The number of likely N-dealkylation sites (N-methyl/N-ethyl adjacent to an activating group) is 1. The van der Waals surface area contributed by atoms with Gasteiger partial charge in [0.25, 0.3) is 0 Å². The molecule has 0 saturated carbocycles. The van der Waals surface area contributed by atoms with E-state index in [9.17, 15) is 4.79 Å². The Kier molecular flexibility index (Phi) is 3.84. The van der Waals surface area contributed by atoms with E-state index in [0.717, 1.165) is 30.8 Å². The average Bonchev–Trinajstić information content (AvgIpc) is 2.33. The Balaban J connectivity index is 2.11. The van der Waals surface area contributed by atoms with Gasteiger partial charge in [-0.1, -0.05) is 6.07 Å². The SMILES string of the molecule is CC(C)Nc1ccc(C2CCCN(C)C2=O)cn1. The van der Waals surface area contributed by atoms with E-state index in [-0.39, 0.29) is 11.8 Å². The lowest BCUT2D eigenvalue weighted by Gasteiger charge is -2.29. The van der Waals surface area contributed by atoms with E-state index in [4.69, 9.17) is 0 Å². The molecule has 0 spiro atoms. The monoisotopic (exact) mass is 247 g/mol. The van der Waals surface area contributed by atoms with Gasteiger partial charge in [-0.25, -0.2) is 4.98 Å². The summed E-state index contributed by atoms with van der Waals surface area (Å²) in [5.41, 5.74) is 1.03. The van der Waals surface area contributed by atoms with Crippen LogP contribution in [0.1, 0.15) is 38.2 Å². The minimum Gasteiger partial charge on any atom is -0.368 e. The zero-order valence-electron chi connectivity index (χ0n) is 11.3. The molecule has 1 aliphatic heterocycles. The number of pyridine rings is 1. The molecule has 1 unspecified atom stereocenters. The van der Waals surface area contributed by atoms with Crippen LogP contribution in [-0.4, -0.2) is 35.4 Å². The first kappa shape index (κ1) is 12.9. The fraction of sp³-hybridized carbons (Fsp3) is 0.571. The van der Waals surface area contributed by atoms with Crippen molar-refractivity contribution in [3.05, 3.63) is 23.9 Å². The molecule has 98 valence electrons. The van der Waals surface area contributed by atoms with E-state index < -0.39 is 0 Å². The van der Waals surface area contributed by atoms with Gasteiger partial charge in [-0.2, -0.15) is 0 Å². The number of anilines is 1. The van der Waals surface area contributed by atoms with Crippen molar-refractivity contribution in [3.8, 4) is 0 Å². The molecule has 1 saturated heterocycles. The van der Waals surface area contributed by atoms with Gasteiger partial charge in [0.2, 0.25) is 5.91 Å². The van der Waals surface area contributed by atoms with Crippen LogP contribution in [0, 0.1) is 0 Å². The van der Waals surface area contributed by atoms with E-state index in [1.165, 1.54) is 0 Å². The van der Waals surface area contributed by atoms with Crippen LogP contribution in [0.25, 0.3) is 0 Å². The number of likely N-dealkylation sites (tertiary alicyclic amines) is 1. The van der Waals surface area contributed by atoms with Crippen LogP contribution < -0.4 is 5.32 Å². The van der Waals surface area contributed by atoms with Gasteiger partial charge in [0, 0.05) is 25.8 Å². The number of piperidine rings is 1. The summed E-state index contributed by atoms with van der Waals surface area (Å²) in [7, 11) is 1.87. The second-order valence-electron chi connectivity index (χ2n) is 5.23. The number of carbonyl (C=O) groups is 1. The Morgan fingerprint density at radius 2 is 2.22 bits per heavy atom. The van der Waals surface area contributed by atoms with Gasteiger partial charge in [-0.05, 0) is 38.3 Å². The third kappa shape index (κ3) is 2.81. The smallest absolute Gasteiger partial charge is 0.229 e. The van der Waals surface area contributed by atoms with Gasteiger partial charge in [0.05, 0.1) is 5.92 Å². The van der Waals surface area contributed by atoms with Gasteiger partial charge >= 0.3 is 0 Å². The van der Waals surface area contributed by atoms with Gasteiger partial charge < -0.3 is 10.2 Å². The number of amides is 1. The molecule has 1 aromatic rings. The zero-order chi connectivity index (χ0) is 13.1. The molecule has 0 bridgehead atoms. The van der Waals surface area contributed by atoms with Crippen molar-refractivity contribution >= 4 is 11.7 Å². The first-order valence-corrected chi connectivity index (χ1v) is 6.55. The maximum atomic E-state index is 12.1. The minimum atomic E-state index is -0.00986. The van der Waals surface area contributed by atoms with Gasteiger partial charge in [0.1, 0.15) is 5.82 Å². The molecular weight excluding hydrogens is 226 g/mol. The number of hydrogen-bond donors (Lipinski definition) is 1. The number of rotatable bonds is 3. The molecule has 1 atom stereocenters. The number of nitrogens with zero attached hydrogens (tertiary/aromatic N) is 2. The van der Waals surface area contributed by atoms with Crippen LogP contribution in [0.2, 0.25) is 0 Å². The fourth-order valence-corrected chi connectivity index (χ4v) is 2.33. The van der Waals surface area contributed by atoms with Crippen molar-refractivity contribution in [2.75, 3.05) is 18.9 Å². The molecule has 0 radical (unpaired) electrons. The lowest BCUT2D eigenvalue weighted by molar-refractivity contribution is -0.133. The molecule has 1 aromatic heterocycles. The minimum absolute atomic E-state index is 0.00986. The highest BCUT2D eigenvalue weighted by Gasteiger charge is 2.27. The van der Waals surface area contributed by atoms with Crippen LogP contribution in [0.5, 0.6) is 0 Å². The molecule has 1 fully saturated rings. The van der Waals surface area contributed by atoms with E-state index in [1.54, 1.807) is 0 Å². The molecule has 4 nitrogen and oxygen atoms in total. The summed E-state index contributed by atoms with van der Waals surface area (Å²) in [6, 6.07) is 4.34. The first-order valence-electron chi connectivity index (χ1n) is 6.55. The standard InChI is InChI=1S/C14H21N3O/c1-10(2)16-13-7-6-11(9-15-13)12-5-4-8-17(3)14(12)18/h6-7,9-10,12H,4-5,8H2,1-3H3,(H,15,16). The van der Waals surface area contributed by atoms with Crippen molar-refractivity contribution in [3.63, 3.8) is 0 Å². The normalized spacial score (nSPS) is 20.3. The average molecular weight is 247 g/mol. The third-order valence-corrected chi connectivity index (χ3v) is 3.29. The van der Waals surface area contributed by atoms with Crippen molar-refractivity contribution in [2.45, 2.75) is 38.6 Å². The summed E-state index contributed by atoms with van der Waals surface area (Å²) in [6.45, 7) is 5.03. The van der Waals surface area contributed by atoms with Gasteiger partial charge in [-0.3, -0.25) is 4.79 Å². The molecule has 1 amide bonds. The van der Waals surface area contributed by atoms with E-state index >= 15 is 0 Å². The predicted octanol–water partition coefficient (Wildman–Crippen LogP) is 2.24. The number of aromatic nitrogens is 1. The summed E-state index contributed by atoms with van der Waals surface area (Å²) in [5.74, 6) is 1.07. The molecular formula is C14H21N3O. The van der Waals surface area contributed by atoms with Crippen LogP contribution >= 0.6 is 0 Å². The number of hydrogen-bond acceptors (Lipinski definition) is 3. The first-order chi connectivity index (χ1) is 8.58. The predicted molar refractivity (Wildman–Crippen MR) is 72.6 cm³/mol. The van der Waals surface area contributed by atoms with Gasteiger partial charge in [0.15, 0.2) is 0 Å².